The third-order valence-corrected chi connectivity index (χ3v) is 7.42. The summed E-state index contributed by atoms with van der Waals surface area (Å²) >= 11 is 0. The molecular weight excluding hydrogens is 536 g/mol. The van der Waals surface area contributed by atoms with Crippen LogP contribution in [0, 0.1) is 11.3 Å². The fourth-order valence-electron chi connectivity index (χ4n) is 5.05. The van der Waals surface area contributed by atoms with Crippen LogP contribution in [-0.2, 0) is 32.1 Å². The van der Waals surface area contributed by atoms with Crippen LogP contribution < -0.4 is 20.1 Å². The maximum atomic E-state index is 13.5. The van der Waals surface area contributed by atoms with Crippen molar-refractivity contribution in [1.29, 1.82) is 0 Å². The average molecular weight is 583 g/mol. The number of nitrogens with one attached hydrogen (secondary N) is 2. The molecule has 0 radical (unpaired) electrons. The van der Waals surface area contributed by atoms with Crippen LogP contribution in [0.3, 0.4) is 0 Å². The second-order valence-electron chi connectivity index (χ2n) is 11.3. The third-order valence-electron chi connectivity index (χ3n) is 7.42. The summed E-state index contributed by atoms with van der Waals surface area (Å²) in [6.45, 7) is 8.63. The van der Waals surface area contributed by atoms with E-state index in [0.717, 1.165) is 17.5 Å². The van der Waals surface area contributed by atoms with Crippen LogP contribution in [0.15, 0.2) is 42.7 Å². The third kappa shape index (κ3) is 10.3. The molecule has 230 valence electrons. The molecular formula is C32H46N4O6. The van der Waals surface area contributed by atoms with E-state index in [1.165, 1.54) is 7.11 Å². The van der Waals surface area contributed by atoms with E-state index in [4.69, 9.17) is 14.2 Å². The van der Waals surface area contributed by atoms with Crippen molar-refractivity contribution in [3.8, 4) is 11.5 Å². The number of carbonyl (C=O) groups is 3. The van der Waals surface area contributed by atoms with Crippen LogP contribution in [0.1, 0.15) is 57.6 Å². The number of amides is 2. The molecule has 2 aliphatic rings. The van der Waals surface area contributed by atoms with Crippen LogP contribution in [0.4, 0.5) is 0 Å². The summed E-state index contributed by atoms with van der Waals surface area (Å²) in [7, 11) is 1.54. The second-order valence-corrected chi connectivity index (χ2v) is 11.3. The standard InChI is InChI=1S/C32H46N4O6/c1-5-41-31(39)32(13-12-24(2)3)19-25-10-11-27(28(18-25)40-4)42-22-30(38)34-15-17-36(16-7-9-29(37)35-23-32)21-26-8-6-14-33-20-26/h6,8,10-11,14,18,20,24H,5,7,9,12-13,15-17,19,21-23H2,1-4H3,(H,34,38)(H,35,37). The van der Waals surface area contributed by atoms with E-state index in [-0.39, 0.29) is 37.5 Å². The van der Waals surface area contributed by atoms with Gasteiger partial charge in [-0.1, -0.05) is 26.0 Å². The molecule has 3 heterocycles. The highest BCUT2D eigenvalue weighted by Gasteiger charge is 2.40. The van der Waals surface area contributed by atoms with Gasteiger partial charge in [-0.25, -0.2) is 0 Å². The predicted molar refractivity (Wildman–Crippen MR) is 160 cm³/mol. The fraction of sp³-hybridized carbons (Fsp3) is 0.562. The lowest BCUT2D eigenvalue weighted by Gasteiger charge is -2.33. The van der Waals surface area contributed by atoms with E-state index in [1.54, 1.807) is 19.2 Å². The van der Waals surface area contributed by atoms with Gasteiger partial charge in [-0.15, -0.1) is 0 Å². The number of aromatic nitrogens is 1. The Balaban J connectivity index is 1.88. The van der Waals surface area contributed by atoms with Crippen LogP contribution in [-0.4, -0.2) is 74.2 Å². The molecule has 2 aromatic rings. The topological polar surface area (TPSA) is 119 Å². The van der Waals surface area contributed by atoms with Crippen molar-refractivity contribution in [3.05, 3.63) is 53.9 Å². The van der Waals surface area contributed by atoms with Crippen LogP contribution in [0.2, 0.25) is 0 Å². The molecule has 2 N–H and O–H groups in total. The first-order chi connectivity index (χ1) is 20.2. The summed E-state index contributed by atoms with van der Waals surface area (Å²) < 4.78 is 17.0. The smallest absolute Gasteiger partial charge is 0.314 e. The van der Waals surface area contributed by atoms with Crippen LogP contribution >= 0.6 is 0 Å². The first kappa shape index (κ1) is 32.8. The van der Waals surface area contributed by atoms with Gasteiger partial charge in [-0.05, 0) is 74.4 Å². The number of hydrogen-bond donors (Lipinski definition) is 2. The summed E-state index contributed by atoms with van der Waals surface area (Å²) in [5.41, 5.74) is 0.951. The van der Waals surface area contributed by atoms with Crippen LogP contribution in [0.25, 0.3) is 0 Å². The Morgan fingerprint density at radius 2 is 2.00 bits per heavy atom. The van der Waals surface area contributed by atoms with E-state index in [1.807, 2.05) is 30.5 Å². The van der Waals surface area contributed by atoms with Gasteiger partial charge < -0.3 is 24.8 Å². The zero-order valence-corrected chi connectivity index (χ0v) is 25.4. The Labute approximate surface area is 249 Å². The number of nitrogens with zero attached hydrogens (tertiary/aromatic N) is 2. The highest BCUT2D eigenvalue weighted by Crippen LogP contribution is 2.35. The highest BCUT2D eigenvalue weighted by molar-refractivity contribution is 5.80. The molecule has 2 bridgehead atoms. The largest absolute Gasteiger partial charge is 0.493 e. The van der Waals surface area contributed by atoms with Gasteiger partial charge >= 0.3 is 5.97 Å². The van der Waals surface area contributed by atoms with Gasteiger partial charge in [-0.2, -0.15) is 0 Å². The quantitative estimate of drug-likeness (QED) is 0.359. The van der Waals surface area contributed by atoms with Gasteiger partial charge in [0.05, 0.1) is 19.1 Å². The van der Waals surface area contributed by atoms with Crippen molar-refractivity contribution in [2.45, 2.75) is 59.4 Å². The number of hydrogen-bond acceptors (Lipinski definition) is 8. The molecule has 0 saturated carbocycles. The number of esters is 1. The Morgan fingerprint density at radius 3 is 2.71 bits per heavy atom. The van der Waals surface area contributed by atoms with Gasteiger partial charge in [-0.3, -0.25) is 24.3 Å². The molecule has 2 aliphatic heterocycles. The van der Waals surface area contributed by atoms with Gasteiger partial charge in [0, 0.05) is 45.0 Å². The van der Waals surface area contributed by atoms with Crippen molar-refractivity contribution in [3.63, 3.8) is 0 Å². The predicted octanol–water partition coefficient (Wildman–Crippen LogP) is 3.53. The van der Waals surface area contributed by atoms with E-state index in [9.17, 15) is 14.4 Å². The zero-order chi connectivity index (χ0) is 30.4. The molecule has 10 heteroatoms. The molecule has 0 fully saturated rings. The molecule has 0 saturated heterocycles. The Bertz CT molecular complexity index is 1160. The first-order valence-electron chi connectivity index (χ1n) is 14.9. The molecule has 1 aromatic carbocycles. The van der Waals surface area contributed by atoms with Crippen molar-refractivity contribution in [2.24, 2.45) is 11.3 Å². The number of fused-ring (bicyclic) bond motifs is 16. The highest BCUT2D eigenvalue weighted by atomic mass is 16.5. The minimum atomic E-state index is -0.946. The lowest BCUT2D eigenvalue weighted by atomic mass is 9.76. The molecule has 10 nitrogen and oxygen atoms in total. The number of pyridine rings is 1. The molecule has 42 heavy (non-hydrogen) atoms. The minimum Gasteiger partial charge on any atom is -0.493 e. The molecule has 2 amide bonds. The molecule has 1 unspecified atom stereocenters. The second kappa shape index (κ2) is 16.7. The van der Waals surface area contributed by atoms with Gasteiger partial charge in [0.1, 0.15) is 0 Å². The summed E-state index contributed by atoms with van der Waals surface area (Å²) in [6, 6.07) is 9.34. The Hall–Kier alpha value is -3.66. The summed E-state index contributed by atoms with van der Waals surface area (Å²) in [5.74, 6) is 0.592. The summed E-state index contributed by atoms with van der Waals surface area (Å²) in [5, 5.41) is 5.97. The minimum absolute atomic E-state index is 0.109. The number of ether oxygens (including phenoxy) is 3. The fourth-order valence-corrected chi connectivity index (χ4v) is 5.05. The van der Waals surface area contributed by atoms with Gasteiger partial charge in [0.2, 0.25) is 5.91 Å². The van der Waals surface area contributed by atoms with E-state index in [2.05, 4.69) is 34.4 Å². The van der Waals surface area contributed by atoms with E-state index in [0.29, 0.717) is 69.3 Å². The normalized spacial score (nSPS) is 19.5. The lowest BCUT2D eigenvalue weighted by molar-refractivity contribution is -0.156. The van der Waals surface area contributed by atoms with Crippen molar-refractivity contribution in [2.75, 3.05) is 46.5 Å². The van der Waals surface area contributed by atoms with Gasteiger partial charge in [0.25, 0.3) is 5.91 Å². The SMILES string of the molecule is CCOC(=O)C1(CCC(C)C)CNC(=O)CCCN(Cc2cccnc2)CCNC(=O)COc2ccc(cc2OC)C1. The van der Waals surface area contributed by atoms with E-state index < -0.39 is 5.41 Å². The average Bonchev–Trinajstić information content (AvgIpc) is 2.98. The van der Waals surface area contributed by atoms with Crippen LogP contribution in [0.5, 0.6) is 11.5 Å². The van der Waals surface area contributed by atoms with Gasteiger partial charge in [0.15, 0.2) is 18.1 Å². The Kier molecular flexibility index (Phi) is 13.1. The monoisotopic (exact) mass is 582 g/mol. The zero-order valence-electron chi connectivity index (χ0n) is 25.4. The molecule has 1 atom stereocenters. The summed E-state index contributed by atoms with van der Waals surface area (Å²) in [4.78, 5) is 45.6. The number of methoxy groups -OCH3 is 1. The van der Waals surface area contributed by atoms with E-state index >= 15 is 0 Å². The van der Waals surface area contributed by atoms with Crippen molar-refractivity contribution < 1.29 is 28.6 Å². The lowest BCUT2D eigenvalue weighted by Crippen LogP contribution is -2.46. The first-order valence-corrected chi connectivity index (χ1v) is 14.9. The van der Waals surface area contributed by atoms with Crippen molar-refractivity contribution >= 4 is 17.8 Å². The number of rotatable bonds is 8. The van der Waals surface area contributed by atoms with Crippen molar-refractivity contribution in [1.82, 2.24) is 20.5 Å². The Morgan fingerprint density at radius 1 is 1.17 bits per heavy atom. The molecule has 0 spiro atoms. The summed E-state index contributed by atoms with van der Waals surface area (Å²) in [6.07, 6.45) is 6.20. The molecule has 1 aromatic heterocycles. The molecule has 0 aliphatic carbocycles. The molecule has 4 rings (SSSR count). The maximum Gasteiger partial charge on any atom is 0.314 e. The maximum absolute atomic E-state index is 13.5. The number of carbonyl (C=O) groups excluding carboxylic acids is 3. The number of benzene rings is 1.